The number of hydrogen-bond donors (Lipinski definition) is 0. The van der Waals surface area contributed by atoms with E-state index in [0.29, 0.717) is 17.7 Å². The van der Waals surface area contributed by atoms with Gasteiger partial charge in [0.2, 0.25) is 0 Å². The summed E-state index contributed by atoms with van der Waals surface area (Å²) in [5, 5.41) is 8.34. The van der Waals surface area contributed by atoms with Crippen LogP contribution in [0.3, 0.4) is 0 Å². The van der Waals surface area contributed by atoms with Gasteiger partial charge < -0.3 is 9.64 Å². The highest BCUT2D eigenvalue weighted by atomic mass is 19.1. The first kappa shape index (κ1) is 24.2. The number of halogens is 1. The van der Waals surface area contributed by atoms with Gasteiger partial charge in [0.15, 0.2) is 17.0 Å². The van der Waals surface area contributed by atoms with Gasteiger partial charge in [-0.2, -0.15) is 0 Å². The van der Waals surface area contributed by atoms with Crippen molar-refractivity contribution in [1.29, 1.82) is 0 Å². The predicted octanol–water partition coefficient (Wildman–Crippen LogP) is 2.46. The summed E-state index contributed by atoms with van der Waals surface area (Å²) in [6.07, 6.45) is 0. The van der Waals surface area contributed by atoms with Crippen LogP contribution in [0.4, 0.5) is 4.39 Å². The summed E-state index contributed by atoms with van der Waals surface area (Å²) in [4.78, 5) is 32.3. The third-order valence-electron chi connectivity index (χ3n) is 5.89. The molecular formula is C25H27FN6O3. The molecule has 0 atom stereocenters. The lowest BCUT2D eigenvalue weighted by Gasteiger charge is -2.18. The van der Waals surface area contributed by atoms with Gasteiger partial charge in [-0.1, -0.05) is 26.0 Å². The topological polar surface area (TPSA) is 95.1 Å². The maximum Gasteiger partial charge on any atom is 0.332 e. The predicted molar refractivity (Wildman–Crippen MR) is 131 cm³/mol. The van der Waals surface area contributed by atoms with Gasteiger partial charge in [-0.3, -0.25) is 13.9 Å². The van der Waals surface area contributed by atoms with Crippen molar-refractivity contribution in [3.05, 3.63) is 80.7 Å². The molecule has 4 aromatic rings. The third kappa shape index (κ3) is 5.27. The minimum Gasteiger partial charge on any atom is -0.492 e. The van der Waals surface area contributed by atoms with E-state index in [0.717, 1.165) is 30.0 Å². The fourth-order valence-electron chi connectivity index (χ4n) is 3.73. The Morgan fingerprint density at radius 2 is 1.66 bits per heavy atom. The van der Waals surface area contributed by atoms with Crippen molar-refractivity contribution < 1.29 is 9.13 Å². The molecule has 2 aromatic carbocycles. The second kappa shape index (κ2) is 10.6. The van der Waals surface area contributed by atoms with Gasteiger partial charge in [-0.25, -0.2) is 14.2 Å². The highest BCUT2D eigenvalue weighted by molar-refractivity contribution is 5.71. The average molecular weight is 479 g/mol. The Hall–Kier alpha value is -3.92. The van der Waals surface area contributed by atoms with E-state index < -0.39 is 11.2 Å². The summed E-state index contributed by atoms with van der Waals surface area (Å²) < 4.78 is 21.4. The summed E-state index contributed by atoms with van der Waals surface area (Å²) in [6, 6.07) is 13.0. The molecule has 2 heterocycles. The first-order valence-electron chi connectivity index (χ1n) is 11.5. The van der Waals surface area contributed by atoms with Gasteiger partial charge in [0.1, 0.15) is 18.2 Å². The standard InChI is InChI=1S/C25H27FN6O3/c1-4-31(5-2)14-15-35-20-12-8-18(9-13-20)22-27-21-23(29-28-22)32(25(34)30(3)24(21)33)16-17-6-10-19(26)11-7-17/h6-13H,4-5,14-16H2,1-3H3. The van der Waals surface area contributed by atoms with Crippen LogP contribution in [0, 0.1) is 5.82 Å². The number of aromatic nitrogens is 5. The van der Waals surface area contributed by atoms with Crippen molar-refractivity contribution >= 4 is 11.2 Å². The zero-order chi connectivity index (χ0) is 24.9. The van der Waals surface area contributed by atoms with Gasteiger partial charge in [0.25, 0.3) is 5.56 Å². The molecule has 0 unspecified atom stereocenters. The highest BCUT2D eigenvalue weighted by Crippen LogP contribution is 2.20. The molecule has 0 aliphatic heterocycles. The minimum atomic E-state index is -0.562. The van der Waals surface area contributed by atoms with E-state index in [1.807, 2.05) is 12.1 Å². The molecule has 0 saturated heterocycles. The van der Waals surface area contributed by atoms with Crippen molar-refractivity contribution in [3.63, 3.8) is 0 Å². The van der Waals surface area contributed by atoms with Crippen LogP contribution in [-0.4, -0.2) is 55.5 Å². The molecule has 35 heavy (non-hydrogen) atoms. The summed E-state index contributed by atoms with van der Waals surface area (Å²) >= 11 is 0. The van der Waals surface area contributed by atoms with Crippen LogP contribution >= 0.6 is 0 Å². The number of rotatable bonds is 9. The van der Waals surface area contributed by atoms with Crippen LogP contribution in [0.25, 0.3) is 22.6 Å². The van der Waals surface area contributed by atoms with E-state index >= 15 is 0 Å². The maximum absolute atomic E-state index is 13.3. The lowest BCUT2D eigenvalue weighted by Crippen LogP contribution is -2.39. The smallest absolute Gasteiger partial charge is 0.332 e. The number of ether oxygens (including phenoxy) is 1. The molecule has 9 nitrogen and oxygen atoms in total. The van der Waals surface area contributed by atoms with Gasteiger partial charge >= 0.3 is 5.69 Å². The number of nitrogens with zero attached hydrogens (tertiary/aromatic N) is 6. The summed E-state index contributed by atoms with van der Waals surface area (Å²) in [5.41, 5.74) is 0.320. The van der Waals surface area contributed by atoms with E-state index in [2.05, 4.69) is 33.9 Å². The Kier molecular flexibility index (Phi) is 7.31. The second-order valence-electron chi connectivity index (χ2n) is 8.07. The molecule has 0 aliphatic carbocycles. The molecule has 0 fully saturated rings. The van der Waals surface area contributed by atoms with Crippen molar-refractivity contribution in [3.8, 4) is 17.1 Å². The number of fused-ring (bicyclic) bond motifs is 1. The molecule has 182 valence electrons. The SMILES string of the molecule is CCN(CC)CCOc1ccc(-c2nnc3c(n2)c(=O)n(C)c(=O)n3Cc2ccc(F)cc2)cc1. The van der Waals surface area contributed by atoms with E-state index in [9.17, 15) is 14.0 Å². The molecule has 2 aromatic heterocycles. The van der Waals surface area contributed by atoms with Crippen molar-refractivity contribution in [1.82, 2.24) is 29.2 Å². The fraction of sp³-hybridized carbons (Fsp3) is 0.320. The Bertz CT molecular complexity index is 1430. The summed E-state index contributed by atoms with van der Waals surface area (Å²) in [5.74, 6) is 0.604. The summed E-state index contributed by atoms with van der Waals surface area (Å²) in [7, 11) is 1.39. The van der Waals surface area contributed by atoms with Gasteiger partial charge in [-0.15, -0.1) is 10.2 Å². The maximum atomic E-state index is 13.3. The number of benzene rings is 2. The van der Waals surface area contributed by atoms with Crippen LogP contribution in [-0.2, 0) is 13.6 Å². The molecule has 0 spiro atoms. The fourth-order valence-corrected chi connectivity index (χ4v) is 3.73. The molecular weight excluding hydrogens is 451 g/mol. The monoisotopic (exact) mass is 478 g/mol. The van der Waals surface area contributed by atoms with Gasteiger partial charge in [0.05, 0.1) is 6.54 Å². The van der Waals surface area contributed by atoms with E-state index in [1.165, 1.54) is 23.7 Å². The molecule has 0 saturated carbocycles. The molecule has 0 amide bonds. The first-order valence-corrected chi connectivity index (χ1v) is 11.5. The van der Waals surface area contributed by atoms with Crippen molar-refractivity contribution in [2.24, 2.45) is 7.05 Å². The highest BCUT2D eigenvalue weighted by Gasteiger charge is 2.16. The van der Waals surface area contributed by atoms with Gasteiger partial charge in [-0.05, 0) is 55.1 Å². The van der Waals surface area contributed by atoms with Crippen molar-refractivity contribution in [2.45, 2.75) is 20.4 Å². The Labute approximate surface area is 201 Å². The lowest BCUT2D eigenvalue weighted by molar-refractivity contribution is 0.223. The van der Waals surface area contributed by atoms with E-state index in [1.54, 1.807) is 24.3 Å². The van der Waals surface area contributed by atoms with E-state index in [-0.39, 0.29) is 29.4 Å². The Morgan fingerprint density at radius 1 is 0.971 bits per heavy atom. The molecule has 0 bridgehead atoms. The van der Waals surface area contributed by atoms with Crippen LogP contribution in [0.15, 0.2) is 58.1 Å². The zero-order valence-electron chi connectivity index (χ0n) is 19.9. The number of hydrogen-bond acceptors (Lipinski definition) is 7. The van der Waals surface area contributed by atoms with Crippen LogP contribution in [0.5, 0.6) is 5.75 Å². The van der Waals surface area contributed by atoms with Crippen LogP contribution < -0.4 is 16.0 Å². The molecule has 0 aliphatic rings. The normalized spacial score (nSPS) is 11.3. The zero-order valence-corrected chi connectivity index (χ0v) is 19.9. The molecule has 4 rings (SSSR count). The Morgan fingerprint density at radius 3 is 2.31 bits per heavy atom. The first-order chi connectivity index (χ1) is 16.9. The van der Waals surface area contributed by atoms with E-state index in [4.69, 9.17) is 4.74 Å². The Balaban J connectivity index is 1.62. The summed E-state index contributed by atoms with van der Waals surface area (Å²) in [6.45, 7) is 7.70. The van der Waals surface area contributed by atoms with Crippen LogP contribution in [0.1, 0.15) is 19.4 Å². The second-order valence-corrected chi connectivity index (χ2v) is 8.07. The van der Waals surface area contributed by atoms with Crippen LogP contribution in [0.2, 0.25) is 0 Å². The molecule has 0 radical (unpaired) electrons. The third-order valence-corrected chi connectivity index (χ3v) is 5.89. The van der Waals surface area contributed by atoms with Crippen molar-refractivity contribution in [2.75, 3.05) is 26.2 Å². The minimum absolute atomic E-state index is 0.0266. The quantitative estimate of drug-likeness (QED) is 0.365. The molecule has 10 heteroatoms. The number of likely N-dealkylation sites (N-methyl/N-ethyl adjacent to an activating group) is 1. The average Bonchev–Trinajstić information content (AvgIpc) is 2.89. The molecule has 0 N–H and O–H groups in total. The van der Waals surface area contributed by atoms with Gasteiger partial charge in [0, 0.05) is 19.2 Å². The lowest BCUT2D eigenvalue weighted by atomic mass is 10.2. The largest absolute Gasteiger partial charge is 0.492 e.